The SMILES string of the molecule is CCCCC[Si](OC(=O)C(C)C[Si](OC)(OC)OC)(C(C)(C)C)C(C)(C)C. The van der Waals surface area contributed by atoms with E-state index in [1.54, 1.807) is 21.3 Å². The summed E-state index contributed by atoms with van der Waals surface area (Å²) in [6, 6.07) is 1.41. The first kappa shape index (κ1) is 26.8. The molecule has 0 heterocycles. The van der Waals surface area contributed by atoms with Crippen molar-refractivity contribution in [3.05, 3.63) is 0 Å². The van der Waals surface area contributed by atoms with Gasteiger partial charge in [0.05, 0.1) is 5.92 Å². The van der Waals surface area contributed by atoms with Gasteiger partial charge in [-0.1, -0.05) is 74.7 Å². The Morgan fingerprint density at radius 1 is 0.889 bits per heavy atom. The lowest BCUT2D eigenvalue weighted by Gasteiger charge is -2.50. The van der Waals surface area contributed by atoms with Gasteiger partial charge in [0.25, 0.3) is 14.3 Å². The van der Waals surface area contributed by atoms with Gasteiger partial charge in [0.15, 0.2) is 0 Å². The third-order valence-corrected chi connectivity index (χ3v) is 15.2. The van der Waals surface area contributed by atoms with Gasteiger partial charge in [-0.05, 0) is 16.1 Å². The number of carbonyl (C=O) groups excluding carboxylic acids is 1. The number of hydrogen-bond donors (Lipinski definition) is 0. The van der Waals surface area contributed by atoms with Crippen LogP contribution >= 0.6 is 0 Å². The van der Waals surface area contributed by atoms with Crippen molar-refractivity contribution < 1.29 is 22.5 Å². The van der Waals surface area contributed by atoms with Crippen molar-refractivity contribution in [1.29, 1.82) is 0 Å². The second kappa shape index (κ2) is 10.5. The lowest BCUT2D eigenvalue weighted by Crippen LogP contribution is -2.56. The van der Waals surface area contributed by atoms with Crippen LogP contribution in [-0.4, -0.2) is 44.4 Å². The maximum atomic E-state index is 13.2. The summed E-state index contributed by atoms with van der Waals surface area (Å²) in [6.45, 7) is 17.5. The lowest BCUT2D eigenvalue weighted by molar-refractivity contribution is -0.139. The minimum atomic E-state index is -2.83. The molecular weight excluding hydrogens is 376 g/mol. The summed E-state index contributed by atoms with van der Waals surface area (Å²) in [6.07, 6.45) is 3.43. The van der Waals surface area contributed by atoms with Crippen LogP contribution in [0.2, 0.25) is 22.2 Å². The molecule has 0 aliphatic carbocycles. The van der Waals surface area contributed by atoms with E-state index in [2.05, 4.69) is 48.5 Å². The van der Waals surface area contributed by atoms with Gasteiger partial charge in [-0.2, -0.15) is 0 Å². The van der Waals surface area contributed by atoms with Gasteiger partial charge in [0.2, 0.25) is 0 Å². The highest BCUT2D eigenvalue weighted by Crippen LogP contribution is 2.54. The first-order chi connectivity index (χ1) is 12.3. The smallest absolute Gasteiger partial charge is 0.501 e. The Morgan fingerprint density at radius 3 is 1.67 bits per heavy atom. The fraction of sp³-hybridized carbons (Fsp3) is 0.950. The maximum absolute atomic E-state index is 13.2. The minimum Gasteiger partial charge on any atom is -0.518 e. The third-order valence-electron chi connectivity index (χ3n) is 5.72. The van der Waals surface area contributed by atoms with Crippen LogP contribution in [0, 0.1) is 5.92 Å². The highest BCUT2D eigenvalue weighted by atomic mass is 28.4. The van der Waals surface area contributed by atoms with E-state index >= 15 is 0 Å². The van der Waals surface area contributed by atoms with Crippen molar-refractivity contribution in [2.24, 2.45) is 5.92 Å². The highest BCUT2D eigenvalue weighted by Gasteiger charge is 2.57. The van der Waals surface area contributed by atoms with Gasteiger partial charge in [-0.15, -0.1) is 0 Å². The van der Waals surface area contributed by atoms with Crippen molar-refractivity contribution in [3.8, 4) is 0 Å². The Hall–Kier alpha value is -0.216. The molecule has 0 aromatic rings. The van der Waals surface area contributed by atoms with Gasteiger partial charge in [0, 0.05) is 27.4 Å². The van der Waals surface area contributed by atoms with Crippen molar-refractivity contribution in [2.45, 2.75) is 96.8 Å². The second-order valence-corrected chi connectivity index (χ2v) is 18.0. The topological polar surface area (TPSA) is 54.0 Å². The molecular formula is C20H44O5Si2. The molecule has 0 aromatic heterocycles. The fourth-order valence-electron chi connectivity index (χ4n) is 4.09. The van der Waals surface area contributed by atoms with Gasteiger partial charge in [-0.25, -0.2) is 0 Å². The molecule has 0 saturated heterocycles. The molecule has 0 aromatic carbocycles. The average molecular weight is 421 g/mol. The second-order valence-electron chi connectivity index (χ2n) is 9.61. The third kappa shape index (κ3) is 6.66. The predicted molar refractivity (Wildman–Crippen MR) is 116 cm³/mol. The number of rotatable bonds is 11. The van der Waals surface area contributed by atoms with Crippen LogP contribution in [0.25, 0.3) is 0 Å². The molecule has 7 heteroatoms. The Kier molecular flexibility index (Phi) is 10.4. The summed E-state index contributed by atoms with van der Waals surface area (Å²) in [7, 11) is -0.527. The summed E-state index contributed by atoms with van der Waals surface area (Å²) in [5.74, 6) is -0.481. The summed E-state index contributed by atoms with van der Waals surface area (Å²) < 4.78 is 23.0. The van der Waals surface area contributed by atoms with Crippen molar-refractivity contribution in [1.82, 2.24) is 0 Å². The molecule has 27 heavy (non-hydrogen) atoms. The van der Waals surface area contributed by atoms with Crippen molar-refractivity contribution in [3.63, 3.8) is 0 Å². The first-order valence-electron chi connectivity index (χ1n) is 10.1. The zero-order valence-electron chi connectivity index (χ0n) is 19.7. The van der Waals surface area contributed by atoms with E-state index in [4.69, 9.17) is 17.7 Å². The average Bonchev–Trinajstić information content (AvgIpc) is 2.56. The van der Waals surface area contributed by atoms with Crippen LogP contribution < -0.4 is 0 Å². The number of unbranched alkanes of at least 4 members (excludes halogenated alkanes) is 2. The van der Waals surface area contributed by atoms with Crippen LogP contribution in [0.15, 0.2) is 0 Å². The van der Waals surface area contributed by atoms with Crippen LogP contribution in [-0.2, 0) is 22.5 Å². The molecule has 0 spiro atoms. The summed E-state index contributed by atoms with van der Waals surface area (Å²) >= 11 is 0. The van der Waals surface area contributed by atoms with Crippen molar-refractivity contribution in [2.75, 3.05) is 21.3 Å². The molecule has 0 rings (SSSR count). The maximum Gasteiger partial charge on any atom is 0.501 e. The minimum absolute atomic E-state index is 0.0490. The van der Waals surface area contributed by atoms with E-state index in [0.29, 0.717) is 6.04 Å². The van der Waals surface area contributed by atoms with E-state index in [1.807, 2.05) is 6.92 Å². The van der Waals surface area contributed by atoms with E-state index in [9.17, 15) is 4.79 Å². The molecule has 0 N–H and O–H groups in total. The largest absolute Gasteiger partial charge is 0.518 e. The zero-order valence-corrected chi connectivity index (χ0v) is 21.7. The molecule has 0 bridgehead atoms. The molecule has 0 aliphatic rings. The number of hydrogen-bond acceptors (Lipinski definition) is 5. The van der Waals surface area contributed by atoms with Crippen LogP contribution in [0.4, 0.5) is 0 Å². The molecule has 5 nitrogen and oxygen atoms in total. The highest BCUT2D eigenvalue weighted by molar-refractivity contribution is 6.80. The van der Waals surface area contributed by atoms with Crippen LogP contribution in [0.5, 0.6) is 0 Å². The quantitative estimate of drug-likeness (QED) is 0.313. The molecule has 0 amide bonds. The Bertz CT molecular complexity index is 428. The summed E-state index contributed by atoms with van der Waals surface area (Å²) in [5, 5.41) is -0.0979. The van der Waals surface area contributed by atoms with E-state index < -0.39 is 17.1 Å². The van der Waals surface area contributed by atoms with Crippen LogP contribution in [0.1, 0.15) is 74.7 Å². The van der Waals surface area contributed by atoms with Gasteiger partial charge >= 0.3 is 8.80 Å². The molecule has 0 saturated carbocycles. The molecule has 1 unspecified atom stereocenters. The van der Waals surface area contributed by atoms with Gasteiger partial charge in [-0.3, -0.25) is 4.79 Å². The monoisotopic (exact) mass is 420 g/mol. The van der Waals surface area contributed by atoms with E-state index in [1.165, 1.54) is 6.42 Å². The Morgan fingerprint density at radius 2 is 1.33 bits per heavy atom. The van der Waals surface area contributed by atoms with Gasteiger partial charge in [0.1, 0.15) is 0 Å². The van der Waals surface area contributed by atoms with E-state index in [-0.39, 0.29) is 22.0 Å². The summed E-state index contributed by atoms with van der Waals surface area (Å²) in [4.78, 5) is 13.2. The molecule has 1 atom stereocenters. The first-order valence-corrected chi connectivity index (χ1v) is 14.2. The molecule has 0 radical (unpaired) electrons. The Balaban J connectivity index is 5.68. The number of carbonyl (C=O) groups is 1. The molecule has 0 aliphatic heterocycles. The predicted octanol–water partition coefficient (Wildman–Crippen LogP) is 5.78. The Labute approximate surface area is 170 Å². The molecule has 162 valence electrons. The van der Waals surface area contributed by atoms with Crippen LogP contribution in [0.3, 0.4) is 0 Å². The van der Waals surface area contributed by atoms with Crippen molar-refractivity contribution >= 4 is 23.1 Å². The fourth-order valence-corrected chi connectivity index (χ4v) is 11.8. The van der Waals surface area contributed by atoms with E-state index in [0.717, 1.165) is 18.9 Å². The zero-order chi connectivity index (χ0) is 21.5. The summed E-state index contributed by atoms with van der Waals surface area (Å²) in [5.41, 5.74) is 0. The lowest BCUT2D eigenvalue weighted by atomic mass is 10.2. The molecule has 0 fully saturated rings. The normalized spacial score (nSPS) is 14.9. The standard InChI is InChI=1S/C20H44O5Si2/c1-12-13-14-15-26(19(3,4)5,20(6,7)8)25-18(21)17(2)16-27(22-9,23-10)24-11/h17H,12-16H2,1-11H3. The van der Waals surface area contributed by atoms with Gasteiger partial charge < -0.3 is 17.7 Å².